The van der Waals surface area contributed by atoms with E-state index in [1.165, 1.54) is 0 Å². The second-order valence-corrected chi connectivity index (χ2v) is 5.14. The largest absolute Gasteiger partial charge is 0.341 e. The molecule has 2 N–H and O–H groups in total. The van der Waals surface area contributed by atoms with Gasteiger partial charge >= 0.3 is 0 Å². The van der Waals surface area contributed by atoms with Crippen LogP contribution in [0.2, 0.25) is 0 Å². The molecule has 1 aliphatic heterocycles. The van der Waals surface area contributed by atoms with Gasteiger partial charge in [0.05, 0.1) is 5.54 Å². The van der Waals surface area contributed by atoms with Crippen molar-refractivity contribution in [1.82, 2.24) is 9.80 Å². The van der Waals surface area contributed by atoms with Crippen LogP contribution in [0, 0.1) is 0 Å². The number of carbonyl (C=O) groups is 1. The lowest BCUT2D eigenvalue weighted by Gasteiger charge is -2.36. The lowest BCUT2D eigenvalue weighted by molar-refractivity contribution is -0.135. The van der Waals surface area contributed by atoms with Crippen molar-refractivity contribution < 1.29 is 4.79 Å². The number of nitrogens with zero attached hydrogens (tertiary/aromatic N) is 2. The van der Waals surface area contributed by atoms with E-state index in [1.54, 1.807) is 0 Å². The Morgan fingerprint density at radius 3 is 2.27 bits per heavy atom. The summed E-state index contributed by atoms with van der Waals surface area (Å²) in [5, 5.41) is 0. The molecule has 1 aliphatic carbocycles. The van der Waals surface area contributed by atoms with Crippen molar-refractivity contribution in [3.8, 4) is 0 Å². The van der Waals surface area contributed by atoms with E-state index in [0.717, 1.165) is 38.8 Å². The fourth-order valence-electron chi connectivity index (χ4n) is 2.25. The van der Waals surface area contributed by atoms with Crippen molar-refractivity contribution in [1.29, 1.82) is 0 Å². The van der Waals surface area contributed by atoms with Gasteiger partial charge in [0.1, 0.15) is 0 Å². The van der Waals surface area contributed by atoms with Crippen LogP contribution in [0.15, 0.2) is 0 Å². The highest BCUT2D eigenvalue weighted by Gasteiger charge is 2.48. The third-order valence-corrected chi connectivity index (χ3v) is 3.70. The molecule has 0 atom stereocenters. The molecule has 0 unspecified atom stereocenters. The molecule has 2 aliphatic rings. The second kappa shape index (κ2) is 3.76. The molecule has 1 saturated heterocycles. The van der Waals surface area contributed by atoms with E-state index in [-0.39, 0.29) is 5.91 Å². The summed E-state index contributed by atoms with van der Waals surface area (Å²) >= 11 is 0. The topological polar surface area (TPSA) is 49.6 Å². The van der Waals surface area contributed by atoms with Gasteiger partial charge in [-0.2, -0.15) is 0 Å². The fraction of sp³-hybridized carbons (Fsp3) is 0.909. The molecule has 2 fully saturated rings. The van der Waals surface area contributed by atoms with Crippen LogP contribution in [0.1, 0.15) is 25.7 Å². The Hall–Kier alpha value is -0.610. The van der Waals surface area contributed by atoms with E-state index in [2.05, 4.69) is 19.0 Å². The summed E-state index contributed by atoms with van der Waals surface area (Å²) in [6, 6.07) is 0.627. The average Bonchev–Trinajstić information content (AvgIpc) is 2.97. The predicted octanol–water partition coefficient (Wildman–Crippen LogP) is 0.0303. The van der Waals surface area contributed by atoms with Gasteiger partial charge in [0, 0.05) is 19.1 Å². The minimum Gasteiger partial charge on any atom is -0.341 e. The second-order valence-electron chi connectivity index (χ2n) is 5.14. The molecular weight excluding hydrogens is 190 g/mol. The first-order valence-corrected chi connectivity index (χ1v) is 5.78. The molecular formula is C11H21N3O. The third kappa shape index (κ3) is 2.16. The van der Waals surface area contributed by atoms with Gasteiger partial charge in [-0.15, -0.1) is 0 Å². The first kappa shape index (κ1) is 10.9. The van der Waals surface area contributed by atoms with E-state index in [9.17, 15) is 4.79 Å². The van der Waals surface area contributed by atoms with Gasteiger partial charge in [-0.3, -0.25) is 4.79 Å². The van der Waals surface area contributed by atoms with E-state index < -0.39 is 5.54 Å². The highest BCUT2D eigenvalue weighted by Crippen LogP contribution is 2.34. The Bertz CT molecular complexity index is 253. The van der Waals surface area contributed by atoms with Crippen LogP contribution >= 0.6 is 0 Å². The molecule has 1 amide bonds. The molecule has 86 valence electrons. The summed E-state index contributed by atoms with van der Waals surface area (Å²) in [5.41, 5.74) is 5.43. The lowest BCUT2D eigenvalue weighted by Crippen LogP contribution is -2.51. The standard InChI is InChI=1S/C11H21N3O/c1-13(2)9-3-7-14(8-4-9)10(15)11(12)5-6-11/h9H,3-8,12H2,1-2H3. The highest BCUT2D eigenvalue weighted by atomic mass is 16.2. The van der Waals surface area contributed by atoms with Crippen LogP contribution in [-0.2, 0) is 4.79 Å². The number of likely N-dealkylation sites (tertiary alicyclic amines) is 1. The summed E-state index contributed by atoms with van der Waals surface area (Å²) in [6.07, 6.45) is 3.91. The SMILES string of the molecule is CN(C)C1CCN(C(=O)C2(N)CC2)CC1. The monoisotopic (exact) mass is 211 g/mol. The van der Waals surface area contributed by atoms with Gasteiger partial charge in [0.25, 0.3) is 0 Å². The van der Waals surface area contributed by atoms with Crippen LogP contribution in [0.4, 0.5) is 0 Å². The number of piperidine rings is 1. The molecule has 4 heteroatoms. The normalized spacial score (nSPS) is 25.7. The van der Waals surface area contributed by atoms with Gasteiger partial charge in [-0.05, 0) is 39.8 Å². The molecule has 4 nitrogen and oxygen atoms in total. The number of carbonyl (C=O) groups excluding carboxylic acids is 1. The van der Waals surface area contributed by atoms with Crippen LogP contribution in [0.5, 0.6) is 0 Å². The number of amides is 1. The Morgan fingerprint density at radius 2 is 1.87 bits per heavy atom. The predicted molar refractivity (Wildman–Crippen MR) is 59.4 cm³/mol. The lowest BCUT2D eigenvalue weighted by atomic mass is 10.0. The van der Waals surface area contributed by atoms with E-state index in [1.807, 2.05) is 4.90 Å². The summed E-state index contributed by atoms with van der Waals surface area (Å²) in [4.78, 5) is 16.1. The number of hydrogen-bond acceptors (Lipinski definition) is 3. The quantitative estimate of drug-likeness (QED) is 0.701. The summed E-state index contributed by atoms with van der Waals surface area (Å²) in [6.45, 7) is 1.75. The highest BCUT2D eigenvalue weighted by molar-refractivity contribution is 5.89. The van der Waals surface area contributed by atoms with Crippen molar-refractivity contribution in [2.24, 2.45) is 5.73 Å². The minimum absolute atomic E-state index is 0.180. The Balaban J connectivity index is 1.85. The third-order valence-electron chi connectivity index (χ3n) is 3.70. The zero-order valence-corrected chi connectivity index (χ0v) is 9.70. The van der Waals surface area contributed by atoms with Crippen molar-refractivity contribution in [3.05, 3.63) is 0 Å². The maximum Gasteiger partial charge on any atom is 0.242 e. The number of hydrogen-bond donors (Lipinski definition) is 1. The molecule has 1 saturated carbocycles. The van der Waals surface area contributed by atoms with E-state index in [4.69, 9.17) is 5.73 Å². The van der Waals surface area contributed by atoms with Crippen molar-refractivity contribution in [3.63, 3.8) is 0 Å². The van der Waals surface area contributed by atoms with E-state index >= 15 is 0 Å². The van der Waals surface area contributed by atoms with Crippen LogP contribution < -0.4 is 5.73 Å². The summed E-state index contributed by atoms with van der Waals surface area (Å²) in [5.74, 6) is 0.180. The van der Waals surface area contributed by atoms with Gasteiger partial charge < -0.3 is 15.5 Å². The molecule has 2 rings (SSSR count). The number of nitrogens with two attached hydrogens (primary N) is 1. The molecule has 15 heavy (non-hydrogen) atoms. The average molecular weight is 211 g/mol. The first-order valence-electron chi connectivity index (χ1n) is 5.78. The minimum atomic E-state index is -0.481. The number of rotatable bonds is 2. The maximum absolute atomic E-state index is 11.9. The molecule has 0 aromatic carbocycles. The molecule has 0 bridgehead atoms. The molecule has 1 heterocycles. The van der Waals surface area contributed by atoms with Crippen molar-refractivity contribution >= 4 is 5.91 Å². The van der Waals surface area contributed by atoms with Crippen LogP contribution in [0.3, 0.4) is 0 Å². The van der Waals surface area contributed by atoms with E-state index in [0.29, 0.717) is 6.04 Å². The Morgan fingerprint density at radius 1 is 1.33 bits per heavy atom. The van der Waals surface area contributed by atoms with Gasteiger partial charge in [0.15, 0.2) is 0 Å². The smallest absolute Gasteiger partial charge is 0.242 e. The van der Waals surface area contributed by atoms with Gasteiger partial charge in [-0.1, -0.05) is 0 Å². The molecule has 0 aromatic rings. The zero-order chi connectivity index (χ0) is 11.1. The molecule has 0 spiro atoms. The van der Waals surface area contributed by atoms with Crippen molar-refractivity contribution in [2.45, 2.75) is 37.3 Å². The zero-order valence-electron chi connectivity index (χ0n) is 9.70. The van der Waals surface area contributed by atoms with Crippen LogP contribution in [-0.4, -0.2) is 54.5 Å². The maximum atomic E-state index is 11.9. The van der Waals surface area contributed by atoms with Crippen molar-refractivity contribution in [2.75, 3.05) is 27.2 Å². The fourth-order valence-corrected chi connectivity index (χ4v) is 2.25. The van der Waals surface area contributed by atoms with Crippen LogP contribution in [0.25, 0.3) is 0 Å². The van der Waals surface area contributed by atoms with Gasteiger partial charge in [0.2, 0.25) is 5.91 Å². The Labute approximate surface area is 91.4 Å². The molecule has 0 radical (unpaired) electrons. The summed E-state index contributed by atoms with van der Waals surface area (Å²) < 4.78 is 0. The van der Waals surface area contributed by atoms with Gasteiger partial charge in [-0.25, -0.2) is 0 Å². The molecule has 0 aromatic heterocycles. The summed E-state index contributed by atoms with van der Waals surface area (Å²) in [7, 11) is 4.21. The Kier molecular flexibility index (Phi) is 2.73. The first-order chi connectivity index (χ1) is 7.03.